The average molecular weight is 423 g/mol. The lowest BCUT2D eigenvalue weighted by Gasteiger charge is -2.05. The molecule has 0 unspecified atom stereocenters. The molecule has 0 atom stereocenters. The number of thiophene rings is 1. The van der Waals surface area contributed by atoms with E-state index in [1.54, 1.807) is 0 Å². The molecule has 0 aliphatic rings. The van der Waals surface area contributed by atoms with E-state index in [1.807, 2.05) is 13.8 Å². The molecule has 3 aromatic heterocycles. The van der Waals surface area contributed by atoms with E-state index in [2.05, 4.69) is 36.2 Å². The molecule has 3 heterocycles. The Labute approximate surface area is 154 Å². The number of rotatable bonds is 4. The number of nitrogens with one attached hydrogen (secondary N) is 3. The lowest BCUT2D eigenvalue weighted by Crippen LogP contribution is -2.20. The molecule has 0 saturated carbocycles. The molecule has 25 heavy (non-hydrogen) atoms. The molecule has 1 amide bonds. The Kier molecular flexibility index (Phi) is 4.87. The predicted octanol–water partition coefficient (Wildman–Crippen LogP) is 2.62. The summed E-state index contributed by atoms with van der Waals surface area (Å²) >= 11 is 4.70. The molecule has 0 spiro atoms. The molecular weight excluding hydrogens is 408 g/mol. The molecule has 0 aromatic carbocycles. The fourth-order valence-electron chi connectivity index (χ4n) is 2.41. The van der Waals surface area contributed by atoms with Crippen LogP contribution in [0.3, 0.4) is 0 Å². The minimum absolute atomic E-state index is 0.101. The van der Waals surface area contributed by atoms with Crippen molar-refractivity contribution in [3.8, 4) is 0 Å². The number of aromatic nitrogens is 3. The largest absolute Gasteiger partial charge is 0.326 e. The number of anilines is 1. The maximum absolute atomic E-state index is 12.2. The number of carbonyl (C=O) groups is 1. The van der Waals surface area contributed by atoms with Crippen LogP contribution in [0.15, 0.2) is 26.3 Å². The maximum Gasteiger partial charge on any atom is 0.271 e. The normalized spacial score (nSPS) is 11.0. The van der Waals surface area contributed by atoms with E-state index in [9.17, 15) is 14.4 Å². The molecule has 130 valence electrons. The molecular formula is C16H15BrN4O3S. The summed E-state index contributed by atoms with van der Waals surface area (Å²) in [5.74, 6) is 0.127. The van der Waals surface area contributed by atoms with E-state index in [0.29, 0.717) is 20.5 Å². The summed E-state index contributed by atoms with van der Waals surface area (Å²) in [4.78, 5) is 47.3. The number of nitrogens with zero attached hydrogens (tertiary/aromatic N) is 1. The van der Waals surface area contributed by atoms with Gasteiger partial charge in [-0.05, 0) is 41.4 Å². The Morgan fingerprint density at radius 1 is 1.32 bits per heavy atom. The molecule has 7 nitrogen and oxygen atoms in total. The first kappa shape index (κ1) is 17.6. The van der Waals surface area contributed by atoms with Gasteiger partial charge in [0, 0.05) is 28.4 Å². The molecule has 3 N–H and O–H groups in total. The predicted molar refractivity (Wildman–Crippen MR) is 101 cm³/mol. The number of aromatic amines is 2. The second kappa shape index (κ2) is 6.93. The van der Waals surface area contributed by atoms with Crippen molar-refractivity contribution in [3.05, 3.63) is 53.7 Å². The molecule has 0 aliphatic heterocycles. The number of halogens is 1. The Morgan fingerprint density at radius 2 is 2.08 bits per heavy atom. The van der Waals surface area contributed by atoms with Gasteiger partial charge in [0.1, 0.15) is 16.3 Å². The second-order valence-electron chi connectivity index (χ2n) is 5.58. The third-order valence-electron chi connectivity index (χ3n) is 3.82. The van der Waals surface area contributed by atoms with Gasteiger partial charge in [-0.25, -0.2) is 4.98 Å². The van der Waals surface area contributed by atoms with Gasteiger partial charge in [-0.1, -0.05) is 0 Å². The van der Waals surface area contributed by atoms with E-state index in [-0.39, 0.29) is 35.6 Å². The highest BCUT2D eigenvalue weighted by Crippen LogP contribution is 2.25. The van der Waals surface area contributed by atoms with E-state index in [0.717, 1.165) is 10.4 Å². The smallest absolute Gasteiger partial charge is 0.271 e. The van der Waals surface area contributed by atoms with E-state index in [1.165, 1.54) is 23.6 Å². The van der Waals surface area contributed by atoms with Crippen LogP contribution in [0.4, 0.5) is 5.69 Å². The van der Waals surface area contributed by atoms with Gasteiger partial charge in [-0.15, -0.1) is 11.3 Å². The lowest BCUT2D eigenvalue weighted by atomic mass is 10.2. The molecule has 3 aromatic rings. The quantitative estimate of drug-likeness (QED) is 0.600. The van der Waals surface area contributed by atoms with Crippen molar-refractivity contribution in [1.82, 2.24) is 15.0 Å². The van der Waals surface area contributed by atoms with Gasteiger partial charge in [-0.2, -0.15) is 0 Å². The number of hydrogen-bond donors (Lipinski definition) is 3. The summed E-state index contributed by atoms with van der Waals surface area (Å²) < 4.78 is 0.655. The first-order valence-electron chi connectivity index (χ1n) is 7.52. The van der Waals surface area contributed by atoms with Gasteiger partial charge >= 0.3 is 0 Å². The number of fused-ring (bicyclic) bond motifs is 1. The first-order valence-corrected chi connectivity index (χ1v) is 9.13. The Hall–Kier alpha value is -2.26. The zero-order valence-corrected chi connectivity index (χ0v) is 15.9. The fraction of sp³-hybridized carbons (Fsp3) is 0.250. The van der Waals surface area contributed by atoms with Crippen molar-refractivity contribution in [2.75, 3.05) is 5.32 Å². The molecule has 0 radical (unpaired) electrons. The van der Waals surface area contributed by atoms with Gasteiger partial charge < -0.3 is 15.3 Å². The summed E-state index contributed by atoms with van der Waals surface area (Å²) in [5.41, 5.74) is 0.535. The molecule has 0 bridgehead atoms. The van der Waals surface area contributed by atoms with E-state index < -0.39 is 0 Å². The number of aryl methyl sites for hydroxylation is 3. The van der Waals surface area contributed by atoms with Crippen LogP contribution in [-0.2, 0) is 11.2 Å². The summed E-state index contributed by atoms with van der Waals surface area (Å²) in [7, 11) is 0. The highest BCUT2D eigenvalue weighted by Gasteiger charge is 2.13. The van der Waals surface area contributed by atoms with Crippen LogP contribution in [0, 0.1) is 13.8 Å². The lowest BCUT2D eigenvalue weighted by molar-refractivity contribution is -0.116. The highest BCUT2D eigenvalue weighted by molar-refractivity contribution is 9.10. The average Bonchev–Trinajstić information content (AvgIpc) is 2.84. The van der Waals surface area contributed by atoms with Crippen LogP contribution in [0.1, 0.15) is 22.7 Å². The number of H-pyrrole nitrogens is 2. The van der Waals surface area contributed by atoms with Crippen molar-refractivity contribution in [2.45, 2.75) is 26.7 Å². The molecule has 3 rings (SSSR count). The van der Waals surface area contributed by atoms with Crippen LogP contribution in [0.2, 0.25) is 0 Å². The van der Waals surface area contributed by atoms with E-state index in [4.69, 9.17) is 0 Å². The van der Waals surface area contributed by atoms with Gasteiger partial charge in [0.25, 0.3) is 11.1 Å². The summed E-state index contributed by atoms with van der Waals surface area (Å²) in [6.45, 7) is 3.84. The molecule has 0 fully saturated rings. The van der Waals surface area contributed by atoms with E-state index >= 15 is 0 Å². The zero-order chi connectivity index (χ0) is 18.1. The Balaban J connectivity index is 1.74. The molecule has 0 saturated heterocycles. The number of hydrogen-bond acceptors (Lipinski definition) is 5. The van der Waals surface area contributed by atoms with Crippen molar-refractivity contribution in [2.24, 2.45) is 0 Å². The Morgan fingerprint density at radius 3 is 2.84 bits per heavy atom. The van der Waals surface area contributed by atoms with Crippen molar-refractivity contribution < 1.29 is 4.79 Å². The van der Waals surface area contributed by atoms with Crippen LogP contribution in [-0.4, -0.2) is 20.9 Å². The van der Waals surface area contributed by atoms with Crippen molar-refractivity contribution in [1.29, 1.82) is 0 Å². The van der Waals surface area contributed by atoms with Gasteiger partial charge in [0.05, 0.1) is 5.39 Å². The van der Waals surface area contributed by atoms with Crippen LogP contribution < -0.4 is 16.4 Å². The van der Waals surface area contributed by atoms with Crippen molar-refractivity contribution in [3.63, 3.8) is 0 Å². The van der Waals surface area contributed by atoms with Gasteiger partial charge in [0.2, 0.25) is 5.91 Å². The minimum atomic E-state index is -0.381. The van der Waals surface area contributed by atoms with Crippen LogP contribution in [0.25, 0.3) is 10.2 Å². The SMILES string of the molecule is Cc1sc2nc(CCC(=O)Nc3cc(Br)c[nH]c3=O)[nH]c(=O)c2c1C. The highest BCUT2D eigenvalue weighted by atomic mass is 79.9. The first-order chi connectivity index (χ1) is 11.8. The van der Waals surface area contributed by atoms with Crippen molar-refractivity contribution >= 4 is 49.1 Å². The number of amides is 1. The summed E-state index contributed by atoms with van der Waals surface area (Å²) in [6, 6.07) is 1.53. The third-order valence-corrected chi connectivity index (χ3v) is 5.38. The number of pyridine rings is 1. The van der Waals surface area contributed by atoms with Crippen LogP contribution in [0.5, 0.6) is 0 Å². The monoisotopic (exact) mass is 422 g/mol. The van der Waals surface area contributed by atoms with Gasteiger partial charge in [-0.3, -0.25) is 14.4 Å². The van der Waals surface area contributed by atoms with Gasteiger partial charge in [0.15, 0.2) is 0 Å². The molecule has 0 aliphatic carbocycles. The standard InChI is InChI=1S/C16H15BrN4O3S/c1-7-8(2)25-16-13(7)15(24)20-11(21-16)3-4-12(22)19-10-5-9(17)6-18-14(10)23/h5-6H,3-4H2,1-2H3,(H,18,23)(H,19,22)(H,20,21,24). The minimum Gasteiger partial charge on any atom is -0.326 e. The summed E-state index contributed by atoms with van der Waals surface area (Å²) in [5, 5.41) is 3.16. The second-order valence-corrected chi connectivity index (χ2v) is 7.70. The fourth-order valence-corrected chi connectivity index (χ4v) is 3.80. The Bertz CT molecular complexity index is 1080. The molecule has 9 heteroatoms. The van der Waals surface area contributed by atoms with Crippen LogP contribution >= 0.6 is 27.3 Å². The summed E-state index contributed by atoms with van der Waals surface area (Å²) in [6.07, 6.45) is 1.87. The third kappa shape index (κ3) is 3.72. The zero-order valence-electron chi connectivity index (χ0n) is 13.5. The number of carbonyl (C=O) groups excluding carboxylic acids is 1. The maximum atomic E-state index is 12.2. The topological polar surface area (TPSA) is 108 Å².